The molecule has 0 fully saturated rings. The predicted octanol–water partition coefficient (Wildman–Crippen LogP) is 6.51. The number of allylic oxidation sites excluding steroid dienone is 1. The number of thiazole rings is 1. The Morgan fingerprint density at radius 3 is 2.80 bits per heavy atom. The van der Waals surface area contributed by atoms with Crippen LogP contribution in [0.15, 0.2) is 90.7 Å². The average Bonchev–Trinajstić information content (AvgIpc) is 3.46. The molecule has 0 radical (unpaired) electrons. The fraction of sp³-hybridized carbons (Fsp3) is 0.143. The maximum absolute atomic E-state index is 6.07. The lowest BCUT2D eigenvalue weighted by molar-refractivity contribution is 0.281. The maximum Gasteiger partial charge on any atom is 0.204 e. The second-order valence-corrected chi connectivity index (χ2v) is 9.01. The van der Waals surface area contributed by atoms with Crippen molar-refractivity contribution in [3.8, 4) is 11.5 Å². The van der Waals surface area contributed by atoms with E-state index in [4.69, 9.17) is 9.47 Å². The molecule has 5 aromatic rings. The first-order chi connectivity index (χ1) is 17.2. The normalized spacial score (nSPS) is 11.3. The van der Waals surface area contributed by atoms with E-state index >= 15 is 0 Å². The summed E-state index contributed by atoms with van der Waals surface area (Å²) in [5, 5.41) is 6.35. The largest absolute Gasteiger partial charge is 0.493 e. The van der Waals surface area contributed by atoms with Gasteiger partial charge in [0.2, 0.25) is 5.13 Å². The molecule has 0 spiro atoms. The van der Waals surface area contributed by atoms with Gasteiger partial charge < -0.3 is 14.0 Å². The highest BCUT2D eigenvalue weighted by Crippen LogP contribution is 2.29. The molecule has 0 aliphatic heterocycles. The number of hydrogen-bond acceptors (Lipinski definition) is 6. The van der Waals surface area contributed by atoms with Crippen LogP contribution in [0.4, 0.5) is 5.13 Å². The van der Waals surface area contributed by atoms with Crippen molar-refractivity contribution in [1.82, 2.24) is 9.55 Å². The number of rotatable bonds is 10. The van der Waals surface area contributed by atoms with Crippen LogP contribution in [0.5, 0.6) is 11.5 Å². The topological polar surface area (TPSA) is 60.7 Å². The van der Waals surface area contributed by atoms with Crippen LogP contribution in [0.25, 0.3) is 21.1 Å². The van der Waals surface area contributed by atoms with Crippen LogP contribution in [0, 0.1) is 0 Å². The van der Waals surface area contributed by atoms with E-state index in [0.717, 1.165) is 55.3 Å². The van der Waals surface area contributed by atoms with Crippen molar-refractivity contribution in [1.29, 1.82) is 0 Å². The van der Waals surface area contributed by atoms with Crippen LogP contribution in [-0.2, 0) is 13.0 Å². The molecule has 2 heterocycles. The molecule has 0 saturated carbocycles. The zero-order chi connectivity index (χ0) is 24.0. The van der Waals surface area contributed by atoms with Gasteiger partial charge in [-0.2, -0.15) is 5.10 Å². The number of hydrogen-bond donors (Lipinski definition) is 1. The molecule has 35 heavy (non-hydrogen) atoms. The third kappa shape index (κ3) is 5.05. The van der Waals surface area contributed by atoms with Gasteiger partial charge in [-0.15, -0.1) is 6.58 Å². The summed E-state index contributed by atoms with van der Waals surface area (Å²) >= 11 is 1.58. The van der Waals surface area contributed by atoms with E-state index in [1.807, 2.05) is 60.8 Å². The van der Waals surface area contributed by atoms with Crippen LogP contribution in [-0.4, -0.2) is 29.5 Å². The van der Waals surface area contributed by atoms with E-state index in [1.54, 1.807) is 18.4 Å². The second-order valence-electron chi connectivity index (χ2n) is 7.98. The molecule has 5 rings (SSSR count). The molecule has 0 atom stereocenters. The molecule has 7 heteroatoms. The predicted molar refractivity (Wildman–Crippen MR) is 145 cm³/mol. The van der Waals surface area contributed by atoms with Gasteiger partial charge in [-0.3, -0.25) is 5.43 Å². The van der Waals surface area contributed by atoms with Crippen LogP contribution in [0.1, 0.15) is 11.1 Å². The lowest BCUT2D eigenvalue weighted by atomic mass is 10.1. The van der Waals surface area contributed by atoms with E-state index in [-0.39, 0.29) is 0 Å². The molecule has 6 nitrogen and oxygen atoms in total. The Balaban J connectivity index is 1.29. The van der Waals surface area contributed by atoms with Crippen molar-refractivity contribution in [3.63, 3.8) is 0 Å². The molecule has 3 aromatic carbocycles. The fourth-order valence-corrected chi connectivity index (χ4v) is 4.83. The van der Waals surface area contributed by atoms with Gasteiger partial charge in [0, 0.05) is 22.7 Å². The highest BCUT2D eigenvalue weighted by molar-refractivity contribution is 7.22. The summed E-state index contributed by atoms with van der Waals surface area (Å²) in [6.45, 7) is 5.00. The van der Waals surface area contributed by atoms with E-state index in [2.05, 4.69) is 51.1 Å². The number of ether oxygens (including phenoxy) is 2. The molecule has 0 aliphatic carbocycles. The summed E-state index contributed by atoms with van der Waals surface area (Å²) in [5.41, 5.74) is 7.34. The minimum Gasteiger partial charge on any atom is -0.493 e. The molecular formula is C28H26N4O2S. The number of fused-ring (bicyclic) bond motifs is 2. The van der Waals surface area contributed by atoms with Crippen molar-refractivity contribution < 1.29 is 9.47 Å². The van der Waals surface area contributed by atoms with Gasteiger partial charge in [0.15, 0.2) is 11.5 Å². The molecule has 2 aromatic heterocycles. The Morgan fingerprint density at radius 1 is 1.09 bits per heavy atom. The van der Waals surface area contributed by atoms with E-state index in [9.17, 15) is 0 Å². The highest BCUT2D eigenvalue weighted by atomic mass is 32.1. The first-order valence-electron chi connectivity index (χ1n) is 11.4. The van der Waals surface area contributed by atoms with Gasteiger partial charge in [-0.1, -0.05) is 53.8 Å². The van der Waals surface area contributed by atoms with E-state index in [0.29, 0.717) is 13.2 Å². The standard InChI is InChI=1S/C28H26N4O2S/c1-3-8-20-13-14-25(26(17-20)33-2)34-16-15-32-19-21(22-9-4-6-11-24(22)32)18-29-31-28-30-23-10-5-7-12-27(23)35-28/h3-7,9-14,17-19H,1,8,15-16H2,2H3,(H,30,31)/b29-18+. The fourth-order valence-electron chi connectivity index (χ4n) is 4.02. The number of aromatic nitrogens is 2. The summed E-state index contributed by atoms with van der Waals surface area (Å²) < 4.78 is 14.9. The Morgan fingerprint density at radius 2 is 1.94 bits per heavy atom. The quantitative estimate of drug-likeness (QED) is 0.140. The first kappa shape index (κ1) is 22.7. The SMILES string of the molecule is C=CCc1ccc(OCCn2cc(/C=N/Nc3nc4ccccc4s3)c3ccccc32)c(OC)c1. The zero-order valence-electron chi connectivity index (χ0n) is 19.5. The molecule has 176 valence electrons. The van der Waals surface area contributed by atoms with Crippen LogP contribution in [0.3, 0.4) is 0 Å². The number of benzene rings is 3. The summed E-state index contributed by atoms with van der Waals surface area (Å²) in [6, 6.07) is 22.3. The van der Waals surface area contributed by atoms with Crippen LogP contribution >= 0.6 is 11.3 Å². The lowest BCUT2D eigenvalue weighted by Crippen LogP contribution is -2.08. The Hall–Kier alpha value is -4.10. The van der Waals surface area contributed by atoms with Crippen LogP contribution < -0.4 is 14.9 Å². The van der Waals surface area contributed by atoms with Gasteiger partial charge in [0.1, 0.15) is 6.61 Å². The van der Waals surface area contributed by atoms with Crippen molar-refractivity contribution in [3.05, 3.63) is 96.7 Å². The summed E-state index contributed by atoms with van der Waals surface area (Å²) in [6.07, 6.45) is 6.61. The van der Waals surface area contributed by atoms with Gasteiger partial charge in [-0.25, -0.2) is 4.98 Å². The smallest absolute Gasteiger partial charge is 0.204 e. The third-order valence-corrected chi connectivity index (χ3v) is 6.62. The number of nitrogens with zero attached hydrogens (tertiary/aromatic N) is 3. The van der Waals surface area contributed by atoms with Gasteiger partial charge in [0.05, 0.1) is 30.1 Å². The summed E-state index contributed by atoms with van der Waals surface area (Å²) in [5.74, 6) is 1.47. The Bertz CT molecular complexity index is 1470. The molecule has 1 N–H and O–H groups in total. The highest BCUT2D eigenvalue weighted by Gasteiger charge is 2.09. The number of para-hydroxylation sites is 2. The van der Waals surface area contributed by atoms with E-state index < -0.39 is 0 Å². The Kier molecular flexibility index (Phi) is 6.77. The number of anilines is 1. The minimum absolute atomic E-state index is 0.510. The molecule has 0 bridgehead atoms. The van der Waals surface area contributed by atoms with Gasteiger partial charge >= 0.3 is 0 Å². The van der Waals surface area contributed by atoms with E-state index in [1.165, 1.54) is 0 Å². The van der Waals surface area contributed by atoms with Gasteiger partial charge in [-0.05, 0) is 42.3 Å². The summed E-state index contributed by atoms with van der Waals surface area (Å²) in [7, 11) is 1.66. The lowest BCUT2D eigenvalue weighted by Gasteiger charge is -2.12. The molecule has 0 aliphatic rings. The number of hydrazone groups is 1. The zero-order valence-corrected chi connectivity index (χ0v) is 20.3. The second kappa shape index (κ2) is 10.4. The molecule has 0 unspecified atom stereocenters. The van der Waals surface area contributed by atoms with Gasteiger partial charge in [0.25, 0.3) is 0 Å². The number of methoxy groups -OCH3 is 1. The molecule has 0 saturated heterocycles. The van der Waals surface area contributed by atoms with Crippen molar-refractivity contribution in [2.45, 2.75) is 13.0 Å². The molecule has 0 amide bonds. The number of nitrogens with one attached hydrogen (secondary N) is 1. The van der Waals surface area contributed by atoms with Crippen molar-refractivity contribution >= 4 is 43.8 Å². The third-order valence-electron chi connectivity index (χ3n) is 5.67. The molecular weight excluding hydrogens is 456 g/mol. The monoisotopic (exact) mass is 482 g/mol. The Labute approximate surface area is 208 Å². The maximum atomic E-state index is 6.07. The average molecular weight is 483 g/mol. The summed E-state index contributed by atoms with van der Waals surface area (Å²) in [4.78, 5) is 4.57. The van der Waals surface area contributed by atoms with Crippen LogP contribution in [0.2, 0.25) is 0 Å². The van der Waals surface area contributed by atoms with Crippen molar-refractivity contribution in [2.75, 3.05) is 19.1 Å². The van der Waals surface area contributed by atoms with Crippen molar-refractivity contribution in [2.24, 2.45) is 5.10 Å². The minimum atomic E-state index is 0.510. The first-order valence-corrected chi connectivity index (χ1v) is 12.2.